The van der Waals surface area contributed by atoms with E-state index >= 15 is 0 Å². The van der Waals surface area contributed by atoms with E-state index in [-0.39, 0.29) is 18.1 Å². The molecule has 3 aromatic carbocycles. The zero-order chi connectivity index (χ0) is 24.4. The zero-order valence-electron chi connectivity index (χ0n) is 20.5. The number of rotatable bonds is 8. The summed E-state index contributed by atoms with van der Waals surface area (Å²) in [5, 5.41) is 9.65. The smallest absolute Gasteiger partial charge is 0.253 e. The number of anilines is 2. The van der Waals surface area contributed by atoms with Crippen LogP contribution in [0, 0.1) is 5.92 Å². The molecule has 184 valence electrons. The van der Waals surface area contributed by atoms with Crippen LogP contribution >= 0.6 is 7.92 Å². The molecule has 6 heteroatoms. The fourth-order valence-electron chi connectivity index (χ4n) is 6.11. The van der Waals surface area contributed by atoms with Crippen LogP contribution in [0.2, 0.25) is 0 Å². The van der Waals surface area contributed by atoms with Crippen molar-refractivity contribution < 1.29 is 0 Å². The maximum atomic E-state index is 12.6. The number of hydrogen-bond acceptors (Lipinski definition) is 5. The topological polar surface area (TPSA) is 84.2 Å². The Morgan fingerprint density at radius 2 is 1.40 bits per heavy atom. The number of nitrogens with two attached hydrogens (primary N) is 1. The van der Waals surface area contributed by atoms with E-state index in [0.29, 0.717) is 23.0 Å². The van der Waals surface area contributed by atoms with Gasteiger partial charge in [-0.15, -0.1) is 0 Å². The normalized spacial score (nSPS) is 25.6. The van der Waals surface area contributed by atoms with Gasteiger partial charge in [-0.3, -0.25) is 9.59 Å². The Labute approximate surface area is 209 Å². The van der Waals surface area contributed by atoms with Gasteiger partial charge in [-0.05, 0) is 62.7 Å². The molecule has 5 atom stereocenters. The van der Waals surface area contributed by atoms with E-state index in [9.17, 15) is 9.59 Å². The summed E-state index contributed by atoms with van der Waals surface area (Å²) < 4.78 is 0. The predicted molar refractivity (Wildman–Crippen MR) is 148 cm³/mol. The van der Waals surface area contributed by atoms with Crippen LogP contribution in [-0.4, -0.2) is 23.8 Å². The van der Waals surface area contributed by atoms with Gasteiger partial charge in [-0.25, -0.2) is 0 Å². The molecule has 0 radical (unpaired) electrons. The Bertz CT molecular complexity index is 1150. The molecule has 0 amide bonds. The Kier molecular flexibility index (Phi) is 7.36. The van der Waals surface area contributed by atoms with Crippen molar-refractivity contribution in [2.75, 3.05) is 10.6 Å². The summed E-state index contributed by atoms with van der Waals surface area (Å²) in [7, 11) is -0.526. The van der Waals surface area contributed by atoms with E-state index in [2.05, 4.69) is 78.2 Å². The van der Waals surface area contributed by atoms with Crippen LogP contribution in [0.4, 0.5) is 11.4 Å². The third-order valence-corrected chi connectivity index (χ3v) is 11.0. The second kappa shape index (κ2) is 10.6. The van der Waals surface area contributed by atoms with Crippen molar-refractivity contribution in [1.82, 2.24) is 0 Å². The zero-order valence-corrected chi connectivity index (χ0v) is 21.3. The van der Waals surface area contributed by atoms with Crippen LogP contribution in [0.15, 0.2) is 70.3 Å². The fraction of sp³-hybridized carbons (Fsp3) is 0.448. The quantitative estimate of drug-likeness (QED) is 0.328. The standard InChI is InChI=1S/C29H36N3O2P/c1-19(31-26-27(29(34)28(26)33)32-24-17-9-8-16-23(24)30)22-15-10-18-25(22)35(20-11-4-2-5-12-20)21-13-6-3-7-14-21/h2-7,11-14,19,22-25,31-32H,8-10,15-18,30H2,1H3/t19-,22?,23+,24+,25?/m1/s1. The fourth-order valence-corrected chi connectivity index (χ4v) is 9.39. The molecule has 35 heavy (non-hydrogen) atoms. The molecular weight excluding hydrogens is 453 g/mol. The predicted octanol–water partition coefficient (Wildman–Crippen LogP) is 4.07. The molecule has 0 aromatic heterocycles. The molecule has 2 fully saturated rings. The van der Waals surface area contributed by atoms with Crippen molar-refractivity contribution in [2.24, 2.45) is 11.7 Å². The van der Waals surface area contributed by atoms with Crippen molar-refractivity contribution in [3.8, 4) is 0 Å². The minimum Gasteiger partial charge on any atom is -0.377 e. The average molecular weight is 490 g/mol. The van der Waals surface area contributed by atoms with Gasteiger partial charge < -0.3 is 16.4 Å². The lowest BCUT2D eigenvalue weighted by atomic mass is 9.90. The van der Waals surface area contributed by atoms with E-state index in [1.54, 1.807) is 0 Å². The minimum atomic E-state index is -0.526. The van der Waals surface area contributed by atoms with Gasteiger partial charge >= 0.3 is 0 Å². The van der Waals surface area contributed by atoms with Crippen molar-refractivity contribution in [1.29, 1.82) is 0 Å². The molecule has 0 saturated heterocycles. The molecular formula is C29H36N3O2P. The molecule has 0 bridgehead atoms. The summed E-state index contributed by atoms with van der Waals surface area (Å²) >= 11 is 0. The van der Waals surface area contributed by atoms with E-state index in [1.807, 2.05) is 0 Å². The third-order valence-electron chi connectivity index (χ3n) is 8.01. The van der Waals surface area contributed by atoms with E-state index in [0.717, 1.165) is 32.1 Å². The Hall–Kier alpha value is -2.49. The highest BCUT2D eigenvalue weighted by molar-refractivity contribution is 7.73. The summed E-state index contributed by atoms with van der Waals surface area (Å²) in [6, 6.07) is 21.9. The molecule has 0 heterocycles. The highest BCUT2D eigenvalue weighted by atomic mass is 31.1. The first kappa shape index (κ1) is 24.2. The molecule has 4 N–H and O–H groups in total. The lowest BCUT2D eigenvalue weighted by molar-refractivity contribution is 0.403. The van der Waals surface area contributed by atoms with E-state index < -0.39 is 18.8 Å². The highest BCUT2D eigenvalue weighted by Gasteiger charge is 2.39. The third kappa shape index (κ3) is 4.94. The van der Waals surface area contributed by atoms with Crippen molar-refractivity contribution in [2.45, 2.75) is 75.7 Å². The molecule has 5 rings (SSSR count). The van der Waals surface area contributed by atoms with Gasteiger partial charge in [0, 0.05) is 18.1 Å². The number of nitrogens with one attached hydrogen (secondary N) is 2. The molecule has 2 aliphatic carbocycles. The van der Waals surface area contributed by atoms with E-state index in [1.165, 1.54) is 23.5 Å². The SMILES string of the molecule is C[C@@H](Nc1c(N[C@H]2CCCC[C@@H]2N)c(=O)c1=O)C1CCCC1P(c1ccccc1)c1ccccc1. The molecule has 5 nitrogen and oxygen atoms in total. The van der Waals surface area contributed by atoms with Gasteiger partial charge in [0.05, 0.1) is 0 Å². The summed E-state index contributed by atoms with van der Waals surface area (Å²) in [6.45, 7) is 2.18. The van der Waals surface area contributed by atoms with Crippen LogP contribution in [0.1, 0.15) is 51.9 Å². The van der Waals surface area contributed by atoms with Gasteiger partial charge in [-0.2, -0.15) is 0 Å². The first-order valence-electron chi connectivity index (χ1n) is 13.1. The highest BCUT2D eigenvalue weighted by Crippen LogP contribution is 2.51. The van der Waals surface area contributed by atoms with Crippen LogP contribution in [-0.2, 0) is 0 Å². The van der Waals surface area contributed by atoms with Gasteiger partial charge in [-0.1, -0.05) is 79.9 Å². The maximum absolute atomic E-state index is 12.6. The molecule has 2 aliphatic rings. The number of benzene rings is 2. The van der Waals surface area contributed by atoms with Gasteiger partial charge in [0.15, 0.2) is 0 Å². The van der Waals surface area contributed by atoms with Gasteiger partial charge in [0.25, 0.3) is 10.9 Å². The van der Waals surface area contributed by atoms with Crippen molar-refractivity contribution in [3.05, 3.63) is 81.1 Å². The molecule has 2 saturated carbocycles. The molecule has 2 unspecified atom stereocenters. The Balaban J connectivity index is 1.37. The summed E-state index contributed by atoms with van der Waals surface area (Å²) in [6.07, 6.45) is 7.63. The largest absolute Gasteiger partial charge is 0.377 e. The second-order valence-corrected chi connectivity index (χ2v) is 12.7. The summed E-state index contributed by atoms with van der Waals surface area (Å²) in [4.78, 5) is 25.0. The lowest BCUT2D eigenvalue weighted by Gasteiger charge is -2.35. The lowest BCUT2D eigenvalue weighted by Crippen LogP contribution is -2.48. The average Bonchev–Trinajstić information content (AvgIpc) is 3.37. The van der Waals surface area contributed by atoms with Gasteiger partial charge in [0.1, 0.15) is 11.4 Å². The van der Waals surface area contributed by atoms with E-state index in [4.69, 9.17) is 5.73 Å². The second-order valence-electron chi connectivity index (χ2n) is 10.2. The molecule has 0 aliphatic heterocycles. The van der Waals surface area contributed by atoms with Crippen LogP contribution in [0.25, 0.3) is 0 Å². The molecule has 3 aromatic rings. The van der Waals surface area contributed by atoms with Crippen LogP contribution in [0.3, 0.4) is 0 Å². The molecule has 0 spiro atoms. The summed E-state index contributed by atoms with van der Waals surface area (Å²) in [5.41, 5.74) is 6.93. The van der Waals surface area contributed by atoms with Crippen molar-refractivity contribution in [3.63, 3.8) is 0 Å². The van der Waals surface area contributed by atoms with Crippen molar-refractivity contribution >= 4 is 29.9 Å². The van der Waals surface area contributed by atoms with Gasteiger partial charge in [0.2, 0.25) is 0 Å². The summed E-state index contributed by atoms with van der Waals surface area (Å²) in [5.74, 6) is 0.427. The Morgan fingerprint density at radius 1 is 0.800 bits per heavy atom. The first-order valence-corrected chi connectivity index (χ1v) is 14.5. The maximum Gasteiger partial charge on any atom is 0.253 e. The van der Waals surface area contributed by atoms with Crippen LogP contribution in [0.5, 0.6) is 0 Å². The minimum absolute atomic E-state index is 0.0259. The Morgan fingerprint density at radius 3 is 2.03 bits per heavy atom. The number of hydrogen-bond donors (Lipinski definition) is 3. The van der Waals surface area contributed by atoms with Crippen LogP contribution < -0.4 is 37.8 Å². The monoisotopic (exact) mass is 489 g/mol. The first-order chi connectivity index (χ1) is 17.0.